The lowest BCUT2D eigenvalue weighted by Gasteiger charge is -2.42. The van der Waals surface area contributed by atoms with Crippen molar-refractivity contribution < 1.29 is 64.2 Å². The first-order valence-corrected chi connectivity index (χ1v) is 10.7. The fraction of sp³-hybridized carbons (Fsp3) is 0.714. The van der Waals surface area contributed by atoms with Crippen LogP contribution in [0.15, 0.2) is 18.2 Å². The molecule has 34 heavy (non-hydrogen) atoms. The molecule has 2 aliphatic heterocycles. The van der Waals surface area contributed by atoms with Gasteiger partial charge in [-0.2, -0.15) is 0 Å². The SMILES string of the molecule is COc1ccc(CO[C@H]2O[C@H](CO[C@@H]3O[C@H](CO)[C@@H](O)[C@H](O)[C@H]3O)[C@@H](O)[C@H](O)[C@H]2O)c(OC)c1. The molecule has 2 heterocycles. The highest BCUT2D eigenvalue weighted by Crippen LogP contribution is 2.29. The maximum Gasteiger partial charge on any atom is 0.187 e. The van der Waals surface area contributed by atoms with E-state index in [4.69, 9.17) is 28.4 Å². The van der Waals surface area contributed by atoms with E-state index in [0.29, 0.717) is 17.1 Å². The molecule has 0 amide bonds. The molecule has 0 saturated carbocycles. The van der Waals surface area contributed by atoms with E-state index < -0.39 is 74.6 Å². The number of hydrogen-bond donors (Lipinski definition) is 7. The van der Waals surface area contributed by atoms with E-state index >= 15 is 0 Å². The van der Waals surface area contributed by atoms with Gasteiger partial charge in [-0.15, -0.1) is 0 Å². The molecule has 3 rings (SSSR count). The monoisotopic (exact) mass is 492 g/mol. The number of aliphatic hydroxyl groups is 7. The van der Waals surface area contributed by atoms with Crippen molar-refractivity contribution in [3.8, 4) is 11.5 Å². The van der Waals surface area contributed by atoms with Gasteiger partial charge in [-0.05, 0) is 12.1 Å². The van der Waals surface area contributed by atoms with Gasteiger partial charge in [-0.1, -0.05) is 0 Å². The van der Waals surface area contributed by atoms with Crippen molar-refractivity contribution in [2.24, 2.45) is 0 Å². The largest absolute Gasteiger partial charge is 0.497 e. The van der Waals surface area contributed by atoms with E-state index in [0.717, 1.165) is 0 Å². The Morgan fingerprint density at radius 2 is 1.32 bits per heavy atom. The molecule has 13 nitrogen and oxygen atoms in total. The third-order valence-corrected chi connectivity index (χ3v) is 5.84. The Balaban J connectivity index is 1.62. The second-order valence-electron chi connectivity index (χ2n) is 8.03. The topological polar surface area (TPSA) is 197 Å². The molecule has 1 aromatic carbocycles. The highest BCUT2D eigenvalue weighted by atomic mass is 16.7. The first-order valence-electron chi connectivity index (χ1n) is 10.7. The molecule has 0 radical (unpaired) electrons. The van der Waals surface area contributed by atoms with Gasteiger partial charge in [0.25, 0.3) is 0 Å². The normalized spacial score (nSPS) is 38.5. The summed E-state index contributed by atoms with van der Waals surface area (Å²) in [5.41, 5.74) is 0.605. The van der Waals surface area contributed by atoms with E-state index in [9.17, 15) is 35.7 Å². The average Bonchev–Trinajstić information content (AvgIpc) is 2.85. The second kappa shape index (κ2) is 11.9. The molecule has 2 aliphatic rings. The summed E-state index contributed by atoms with van der Waals surface area (Å²) in [6.07, 6.45) is -14.8. The van der Waals surface area contributed by atoms with Gasteiger partial charge in [0.1, 0.15) is 60.3 Å². The van der Waals surface area contributed by atoms with Crippen molar-refractivity contribution >= 4 is 0 Å². The van der Waals surface area contributed by atoms with Gasteiger partial charge < -0.3 is 64.2 Å². The van der Waals surface area contributed by atoms with E-state index in [1.165, 1.54) is 14.2 Å². The molecule has 0 spiro atoms. The van der Waals surface area contributed by atoms with E-state index in [1.807, 2.05) is 0 Å². The second-order valence-corrected chi connectivity index (χ2v) is 8.03. The molecule has 194 valence electrons. The minimum atomic E-state index is -1.65. The lowest BCUT2D eigenvalue weighted by atomic mass is 9.98. The summed E-state index contributed by atoms with van der Waals surface area (Å²) in [6.45, 7) is -1.15. The van der Waals surface area contributed by atoms with Crippen LogP contribution in [0.5, 0.6) is 11.5 Å². The highest BCUT2D eigenvalue weighted by Gasteiger charge is 2.47. The van der Waals surface area contributed by atoms with Crippen LogP contribution in [-0.2, 0) is 25.6 Å². The van der Waals surface area contributed by atoms with Crippen LogP contribution in [0.1, 0.15) is 5.56 Å². The quantitative estimate of drug-likeness (QED) is 0.183. The fourth-order valence-electron chi connectivity index (χ4n) is 3.73. The number of methoxy groups -OCH3 is 2. The van der Waals surface area contributed by atoms with Gasteiger partial charge in [0, 0.05) is 11.6 Å². The van der Waals surface area contributed by atoms with Crippen LogP contribution in [-0.4, -0.2) is 125 Å². The smallest absolute Gasteiger partial charge is 0.187 e. The predicted octanol–water partition coefficient (Wildman–Crippen LogP) is -3.16. The Morgan fingerprint density at radius 1 is 0.735 bits per heavy atom. The molecular weight excluding hydrogens is 460 g/mol. The standard InChI is InChI=1S/C21H32O13/c1-29-10-4-3-9(11(5-10)30-2)7-31-20-19(28)17(26)15(24)13(34-20)8-32-21-18(27)16(25)14(23)12(6-22)33-21/h3-5,12-28H,6-8H2,1-2H3/t12-,13-,14-,15-,16+,17+,18-,19-,20+,21-/m1/s1. The van der Waals surface area contributed by atoms with Crippen LogP contribution in [0.2, 0.25) is 0 Å². The highest BCUT2D eigenvalue weighted by molar-refractivity contribution is 5.40. The Morgan fingerprint density at radius 3 is 1.91 bits per heavy atom. The van der Waals surface area contributed by atoms with Crippen LogP contribution >= 0.6 is 0 Å². The number of ether oxygens (including phenoxy) is 6. The van der Waals surface area contributed by atoms with E-state index in [1.54, 1.807) is 18.2 Å². The minimum absolute atomic E-state index is 0.0714. The molecular formula is C21H32O13. The summed E-state index contributed by atoms with van der Waals surface area (Å²) < 4.78 is 32.3. The Bertz CT molecular complexity index is 777. The van der Waals surface area contributed by atoms with Crippen LogP contribution < -0.4 is 9.47 Å². The fourth-order valence-corrected chi connectivity index (χ4v) is 3.73. The summed E-state index contributed by atoms with van der Waals surface area (Å²) in [6, 6.07) is 5.03. The zero-order valence-electron chi connectivity index (χ0n) is 18.7. The first kappa shape index (κ1) is 27.0. The van der Waals surface area contributed by atoms with Crippen LogP contribution in [0, 0.1) is 0 Å². The molecule has 0 aromatic heterocycles. The van der Waals surface area contributed by atoms with Gasteiger partial charge in [-0.3, -0.25) is 0 Å². The van der Waals surface area contributed by atoms with E-state index in [-0.39, 0.29) is 6.61 Å². The van der Waals surface area contributed by atoms with Crippen molar-refractivity contribution in [2.75, 3.05) is 27.4 Å². The maximum absolute atomic E-state index is 10.3. The number of benzene rings is 1. The molecule has 13 heteroatoms. The molecule has 1 aromatic rings. The lowest BCUT2D eigenvalue weighted by Crippen LogP contribution is -2.61. The summed E-state index contributed by atoms with van der Waals surface area (Å²) in [5, 5.41) is 69.9. The van der Waals surface area contributed by atoms with Crippen molar-refractivity contribution in [1.82, 2.24) is 0 Å². The molecule has 2 saturated heterocycles. The summed E-state index contributed by atoms with van der Waals surface area (Å²) >= 11 is 0. The number of hydrogen-bond acceptors (Lipinski definition) is 13. The Hall–Kier alpha value is -1.62. The Kier molecular flexibility index (Phi) is 9.42. The lowest BCUT2D eigenvalue weighted by molar-refractivity contribution is -0.332. The van der Waals surface area contributed by atoms with Gasteiger partial charge in [0.2, 0.25) is 0 Å². The molecule has 7 N–H and O–H groups in total. The molecule has 0 bridgehead atoms. The van der Waals surface area contributed by atoms with Gasteiger partial charge >= 0.3 is 0 Å². The van der Waals surface area contributed by atoms with Crippen molar-refractivity contribution in [3.63, 3.8) is 0 Å². The third kappa shape index (κ3) is 5.78. The van der Waals surface area contributed by atoms with Crippen molar-refractivity contribution in [2.45, 2.75) is 68.0 Å². The molecule has 2 fully saturated rings. The zero-order valence-corrected chi connectivity index (χ0v) is 18.7. The number of aliphatic hydroxyl groups excluding tert-OH is 7. The third-order valence-electron chi connectivity index (χ3n) is 5.84. The predicted molar refractivity (Wildman–Crippen MR) is 111 cm³/mol. The van der Waals surface area contributed by atoms with Crippen LogP contribution in [0.3, 0.4) is 0 Å². The van der Waals surface area contributed by atoms with Crippen LogP contribution in [0.4, 0.5) is 0 Å². The van der Waals surface area contributed by atoms with Crippen LogP contribution in [0.25, 0.3) is 0 Å². The maximum atomic E-state index is 10.3. The van der Waals surface area contributed by atoms with Gasteiger partial charge in [0.05, 0.1) is 34.0 Å². The van der Waals surface area contributed by atoms with E-state index in [2.05, 4.69) is 0 Å². The summed E-state index contributed by atoms with van der Waals surface area (Å²) in [4.78, 5) is 0. The number of rotatable bonds is 9. The summed E-state index contributed by atoms with van der Waals surface area (Å²) in [5.74, 6) is 1.03. The van der Waals surface area contributed by atoms with Gasteiger partial charge in [-0.25, -0.2) is 0 Å². The summed E-state index contributed by atoms with van der Waals surface area (Å²) in [7, 11) is 2.98. The molecule has 10 atom stereocenters. The van der Waals surface area contributed by atoms with Crippen molar-refractivity contribution in [3.05, 3.63) is 23.8 Å². The molecule has 0 aliphatic carbocycles. The van der Waals surface area contributed by atoms with Crippen molar-refractivity contribution in [1.29, 1.82) is 0 Å². The van der Waals surface area contributed by atoms with Gasteiger partial charge in [0.15, 0.2) is 12.6 Å². The average molecular weight is 492 g/mol. The Labute approximate surface area is 195 Å². The minimum Gasteiger partial charge on any atom is -0.497 e. The first-order chi connectivity index (χ1) is 16.2. The zero-order chi connectivity index (χ0) is 25.0. The molecule has 0 unspecified atom stereocenters.